The van der Waals surface area contributed by atoms with E-state index >= 15 is 0 Å². The van der Waals surface area contributed by atoms with E-state index in [0.29, 0.717) is 18.1 Å². The van der Waals surface area contributed by atoms with E-state index in [4.69, 9.17) is 5.73 Å². The van der Waals surface area contributed by atoms with Crippen molar-refractivity contribution in [2.75, 3.05) is 5.32 Å². The summed E-state index contributed by atoms with van der Waals surface area (Å²) in [6, 6.07) is 0. The lowest BCUT2D eigenvalue weighted by Crippen LogP contribution is -2.23. The molecule has 0 radical (unpaired) electrons. The molecule has 74 valence electrons. The predicted octanol–water partition coefficient (Wildman–Crippen LogP) is -0.365. The third kappa shape index (κ3) is 1.34. The fourth-order valence-electron chi connectivity index (χ4n) is 1.26. The molecule has 3 N–H and O–H groups in total. The molecule has 1 aromatic rings. The highest BCUT2D eigenvalue weighted by Crippen LogP contribution is 2.13. The van der Waals surface area contributed by atoms with Gasteiger partial charge in [-0.25, -0.2) is 4.68 Å². The fourth-order valence-corrected chi connectivity index (χ4v) is 1.26. The molecule has 0 bridgehead atoms. The summed E-state index contributed by atoms with van der Waals surface area (Å²) in [6.07, 6.45) is 2.35. The summed E-state index contributed by atoms with van der Waals surface area (Å²) in [4.78, 5) is 15.1. The molecular formula is C8H11N5O. The summed E-state index contributed by atoms with van der Waals surface area (Å²) in [5.41, 5.74) is 5.66. The molecule has 0 saturated heterocycles. The molecule has 6 nitrogen and oxygen atoms in total. The number of fused-ring (bicyclic) bond motifs is 1. The maximum absolute atomic E-state index is 10.9. The molecule has 0 atom stereocenters. The molecule has 0 aliphatic carbocycles. The Morgan fingerprint density at radius 3 is 3.21 bits per heavy atom. The Kier molecular flexibility index (Phi) is 1.95. The van der Waals surface area contributed by atoms with E-state index in [2.05, 4.69) is 15.4 Å². The average molecular weight is 193 g/mol. The summed E-state index contributed by atoms with van der Waals surface area (Å²) >= 11 is 0. The second-order valence-corrected chi connectivity index (χ2v) is 3.04. The highest BCUT2D eigenvalue weighted by molar-refractivity contribution is 5.92. The van der Waals surface area contributed by atoms with Gasteiger partial charge in [0.1, 0.15) is 0 Å². The second kappa shape index (κ2) is 3.13. The zero-order valence-electron chi connectivity index (χ0n) is 7.82. The van der Waals surface area contributed by atoms with Gasteiger partial charge < -0.3 is 11.1 Å². The summed E-state index contributed by atoms with van der Waals surface area (Å²) in [5.74, 6) is 0.982. The largest absolute Gasteiger partial charge is 0.366 e. The first kappa shape index (κ1) is 8.74. The van der Waals surface area contributed by atoms with Crippen LogP contribution in [0.4, 0.5) is 5.95 Å². The van der Waals surface area contributed by atoms with Crippen molar-refractivity contribution in [3.63, 3.8) is 0 Å². The van der Waals surface area contributed by atoms with Gasteiger partial charge in [0.15, 0.2) is 5.82 Å². The van der Waals surface area contributed by atoms with Gasteiger partial charge in [-0.05, 0) is 0 Å². The first-order chi connectivity index (χ1) is 6.70. The van der Waals surface area contributed by atoms with Crippen molar-refractivity contribution in [1.82, 2.24) is 14.8 Å². The van der Waals surface area contributed by atoms with Crippen molar-refractivity contribution in [3.8, 4) is 0 Å². The van der Waals surface area contributed by atoms with Crippen molar-refractivity contribution in [2.45, 2.75) is 19.9 Å². The first-order valence-electron chi connectivity index (χ1n) is 4.40. The van der Waals surface area contributed by atoms with Crippen LogP contribution >= 0.6 is 0 Å². The molecule has 1 amide bonds. The summed E-state index contributed by atoms with van der Waals surface area (Å²) in [7, 11) is 0. The number of primary amides is 1. The summed E-state index contributed by atoms with van der Waals surface area (Å²) < 4.78 is 1.64. The zero-order chi connectivity index (χ0) is 10.1. The quantitative estimate of drug-likeness (QED) is 0.671. The third-order valence-corrected chi connectivity index (χ3v) is 2.04. The number of anilines is 1. The molecule has 1 aliphatic rings. The lowest BCUT2D eigenvalue weighted by atomic mass is 10.2. The SMILES string of the molecule is CCc1nc2n(n1)CC(C(N)=O)=CN2. The molecule has 1 aliphatic heterocycles. The van der Waals surface area contributed by atoms with Gasteiger partial charge in [0.05, 0.1) is 12.1 Å². The van der Waals surface area contributed by atoms with Crippen LogP contribution in [-0.2, 0) is 17.8 Å². The van der Waals surface area contributed by atoms with Gasteiger partial charge in [0.25, 0.3) is 0 Å². The standard InChI is InChI=1S/C8H11N5O/c1-2-6-11-8-10-3-5(7(9)14)4-13(8)12-6/h3H,2,4H2,1H3,(H2,9,14)(H,10,11,12). The zero-order valence-corrected chi connectivity index (χ0v) is 7.82. The number of rotatable bonds is 2. The molecule has 0 aromatic carbocycles. The van der Waals surface area contributed by atoms with Crippen LogP contribution in [0.1, 0.15) is 12.7 Å². The van der Waals surface area contributed by atoms with E-state index in [9.17, 15) is 4.79 Å². The van der Waals surface area contributed by atoms with E-state index in [1.807, 2.05) is 6.92 Å². The third-order valence-electron chi connectivity index (χ3n) is 2.04. The Balaban J connectivity index is 2.27. The molecular weight excluding hydrogens is 182 g/mol. The fraction of sp³-hybridized carbons (Fsp3) is 0.375. The lowest BCUT2D eigenvalue weighted by molar-refractivity contribution is -0.114. The normalized spacial score (nSPS) is 14.2. The van der Waals surface area contributed by atoms with Crippen LogP contribution in [0.15, 0.2) is 11.8 Å². The minimum Gasteiger partial charge on any atom is -0.366 e. The number of hydrogen-bond acceptors (Lipinski definition) is 4. The number of carbonyl (C=O) groups is 1. The van der Waals surface area contributed by atoms with Gasteiger partial charge in [-0.1, -0.05) is 6.92 Å². The van der Waals surface area contributed by atoms with Crippen molar-refractivity contribution < 1.29 is 4.79 Å². The van der Waals surface area contributed by atoms with Gasteiger partial charge in [0.2, 0.25) is 11.9 Å². The summed E-state index contributed by atoms with van der Waals surface area (Å²) in [6.45, 7) is 2.37. The van der Waals surface area contributed by atoms with E-state index in [1.165, 1.54) is 0 Å². The van der Waals surface area contributed by atoms with Crippen molar-refractivity contribution >= 4 is 11.9 Å². The number of carbonyl (C=O) groups excluding carboxylic acids is 1. The molecule has 0 fully saturated rings. The maximum Gasteiger partial charge on any atom is 0.247 e. The van der Waals surface area contributed by atoms with Crippen LogP contribution in [0.3, 0.4) is 0 Å². The number of aromatic nitrogens is 3. The van der Waals surface area contributed by atoms with Crippen molar-refractivity contribution in [3.05, 3.63) is 17.6 Å². The second-order valence-electron chi connectivity index (χ2n) is 3.04. The van der Waals surface area contributed by atoms with E-state index in [1.54, 1.807) is 10.9 Å². The predicted molar refractivity (Wildman–Crippen MR) is 50.3 cm³/mol. The van der Waals surface area contributed by atoms with Crippen LogP contribution in [0.25, 0.3) is 0 Å². The summed E-state index contributed by atoms with van der Waals surface area (Å²) in [5, 5.41) is 7.07. The number of amides is 1. The highest BCUT2D eigenvalue weighted by atomic mass is 16.1. The maximum atomic E-state index is 10.9. The Hall–Kier alpha value is -1.85. The lowest BCUT2D eigenvalue weighted by Gasteiger charge is -2.12. The Bertz CT molecular complexity index is 406. The molecule has 14 heavy (non-hydrogen) atoms. The van der Waals surface area contributed by atoms with Crippen molar-refractivity contribution in [1.29, 1.82) is 0 Å². The molecule has 1 aromatic heterocycles. The molecule has 0 saturated carbocycles. The van der Waals surface area contributed by atoms with Crippen LogP contribution in [-0.4, -0.2) is 20.7 Å². The number of hydrogen-bond donors (Lipinski definition) is 2. The molecule has 0 spiro atoms. The van der Waals surface area contributed by atoms with Gasteiger partial charge >= 0.3 is 0 Å². The topological polar surface area (TPSA) is 85.8 Å². The molecule has 2 heterocycles. The van der Waals surface area contributed by atoms with E-state index in [-0.39, 0.29) is 0 Å². The number of nitrogens with one attached hydrogen (secondary N) is 1. The van der Waals surface area contributed by atoms with Gasteiger partial charge in [-0.2, -0.15) is 10.1 Å². The van der Waals surface area contributed by atoms with E-state index < -0.39 is 5.91 Å². The molecule has 6 heteroatoms. The Morgan fingerprint density at radius 2 is 2.57 bits per heavy atom. The van der Waals surface area contributed by atoms with Crippen LogP contribution in [0, 0.1) is 0 Å². The minimum atomic E-state index is -0.434. The van der Waals surface area contributed by atoms with Crippen LogP contribution in [0.2, 0.25) is 0 Å². The van der Waals surface area contributed by atoms with Gasteiger partial charge in [0, 0.05) is 12.6 Å². The van der Waals surface area contributed by atoms with Crippen LogP contribution in [0.5, 0.6) is 0 Å². The Labute approximate surface area is 80.8 Å². The van der Waals surface area contributed by atoms with Crippen LogP contribution < -0.4 is 11.1 Å². The first-order valence-corrected chi connectivity index (χ1v) is 4.40. The number of aryl methyl sites for hydroxylation is 1. The smallest absolute Gasteiger partial charge is 0.247 e. The monoisotopic (exact) mass is 193 g/mol. The molecule has 2 rings (SSSR count). The average Bonchev–Trinajstić information content (AvgIpc) is 2.58. The van der Waals surface area contributed by atoms with Crippen molar-refractivity contribution in [2.24, 2.45) is 5.73 Å². The number of nitrogens with two attached hydrogens (primary N) is 1. The van der Waals surface area contributed by atoms with Gasteiger partial charge in [-0.3, -0.25) is 4.79 Å². The Morgan fingerprint density at radius 1 is 1.79 bits per heavy atom. The van der Waals surface area contributed by atoms with Gasteiger partial charge in [-0.15, -0.1) is 0 Å². The minimum absolute atomic E-state index is 0.394. The highest BCUT2D eigenvalue weighted by Gasteiger charge is 2.16. The van der Waals surface area contributed by atoms with E-state index in [0.717, 1.165) is 12.2 Å². The number of nitrogens with zero attached hydrogens (tertiary/aromatic N) is 3. The molecule has 0 unspecified atom stereocenters.